The summed E-state index contributed by atoms with van der Waals surface area (Å²) in [5.74, 6) is 0.548. The van der Waals surface area contributed by atoms with Gasteiger partial charge in [0.2, 0.25) is 5.91 Å². The van der Waals surface area contributed by atoms with Gasteiger partial charge in [-0.3, -0.25) is 4.79 Å². The fourth-order valence-corrected chi connectivity index (χ4v) is 2.00. The van der Waals surface area contributed by atoms with E-state index in [1.165, 1.54) is 0 Å². The molecular weight excluding hydrogens is 230 g/mol. The minimum atomic E-state index is -0.686. The van der Waals surface area contributed by atoms with Crippen molar-refractivity contribution in [3.05, 3.63) is 17.8 Å². The SMILES string of the molecule is CC1(C)C(=O)NCCN1c1ccc(N)c(C#N)n1. The zero-order valence-corrected chi connectivity index (χ0v) is 10.4. The maximum absolute atomic E-state index is 11.9. The van der Waals surface area contributed by atoms with E-state index in [-0.39, 0.29) is 11.6 Å². The average molecular weight is 245 g/mol. The molecule has 1 fully saturated rings. The maximum atomic E-state index is 11.9. The normalized spacial score (nSPS) is 18.1. The number of pyridine rings is 1. The molecule has 1 saturated heterocycles. The van der Waals surface area contributed by atoms with Gasteiger partial charge >= 0.3 is 0 Å². The molecule has 2 rings (SSSR count). The van der Waals surface area contributed by atoms with E-state index < -0.39 is 5.54 Å². The number of piperazine rings is 1. The van der Waals surface area contributed by atoms with E-state index in [2.05, 4.69) is 10.3 Å². The molecule has 0 aliphatic carbocycles. The van der Waals surface area contributed by atoms with Crippen LogP contribution in [0, 0.1) is 11.3 Å². The maximum Gasteiger partial charge on any atom is 0.245 e. The fraction of sp³-hybridized carbons (Fsp3) is 0.417. The van der Waals surface area contributed by atoms with Crippen molar-refractivity contribution >= 4 is 17.4 Å². The van der Waals surface area contributed by atoms with Crippen molar-refractivity contribution in [2.24, 2.45) is 0 Å². The Kier molecular flexibility index (Phi) is 2.83. The Balaban J connectivity index is 2.42. The largest absolute Gasteiger partial charge is 0.396 e. The number of rotatable bonds is 1. The monoisotopic (exact) mass is 245 g/mol. The number of hydrogen-bond acceptors (Lipinski definition) is 5. The Bertz CT molecular complexity index is 532. The molecular formula is C12H15N5O. The summed E-state index contributed by atoms with van der Waals surface area (Å²) in [5, 5.41) is 11.7. The number of carbonyl (C=O) groups is 1. The van der Waals surface area contributed by atoms with E-state index in [0.29, 0.717) is 24.6 Å². The van der Waals surface area contributed by atoms with Crippen molar-refractivity contribution < 1.29 is 4.79 Å². The molecule has 0 unspecified atom stereocenters. The first-order chi connectivity index (χ1) is 8.46. The van der Waals surface area contributed by atoms with Crippen LogP contribution in [0.2, 0.25) is 0 Å². The van der Waals surface area contributed by atoms with E-state index in [9.17, 15) is 4.79 Å². The van der Waals surface area contributed by atoms with E-state index in [4.69, 9.17) is 11.0 Å². The smallest absolute Gasteiger partial charge is 0.245 e. The van der Waals surface area contributed by atoms with Crippen molar-refractivity contribution in [1.82, 2.24) is 10.3 Å². The van der Waals surface area contributed by atoms with Crippen molar-refractivity contribution in [3.63, 3.8) is 0 Å². The van der Waals surface area contributed by atoms with Crippen LogP contribution in [0.15, 0.2) is 12.1 Å². The molecule has 1 aromatic heterocycles. The average Bonchev–Trinajstić information content (AvgIpc) is 2.34. The van der Waals surface area contributed by atoms with E-state index in [1.807, 2.05) is 24.8 Å². The second-order valence-electron chi connectivity index (χ2n) is 4.69. The second kappa shape index (κ2) is 4.18. The first-order valence-electron chi connectivity index (χ1n) is 5.69. The van der Waals surface area contributed by atoms with Gasteiger partial charge in [-0.25, -0.2) is 4.98 Å². The van der Waals surface area contributed by atoms with Crippen LogP contribution >= 0.6 is 0 Å². The van der Waals surface area contributed by atoms with Gasteiger partial charge in [-0.1, -0.05) is 0 Å². The predicted octanol–water partition coefficient (Wildman–Crippen LogP) is 0.250. The highest BCUT2D eigenvalue weighted by molar-refractivity contribution is 5.90. The summed E-state index contributed by atoms with van der Waals surface area (Å²) in [7, 11) is 0. The van der Waals surface area contributed by atoms with Crippen molar-refractivity contribution in [2.45, 2.75) is 19.4 Å². The first-order valence-corrected chi connectivity index (χ1v) is 5.69. The quantitative estimate of drug-likeness (QED) is 0.739. The minimum Gasteiger partial charge on any atom is -0.396 e. The molecule has 1 aromatic rings. The van der Waals surface area contributed by atoms with E-state index >= 15 is 0 Å². The Labute approximate surface area is 105 Å². The van der Waals surface area contributed by atoms with Crippen molar-refractivity contribution in [1.29, 1.82) is 5.26 Å². The Morgan fingerprint density at radius 1 is 1.56 bits per heavy atom. The number of nitrogens with two attached hydrogens (primary N) is 1. The van der Waals surface area contributed by atoms with Crippen LogP contribution in [-0.2, 0) is 4.79 Å². The summed E-state index contributed by atoms with van der Waals surface area (Å²) in [4.78, 5) is 17.9. The van der Waals surface area contributed by atoms with Crippen LogP contribution in [0.3, 0.4) is 0 Å². The lowest BCUT2D eigenvalue weighted by Gasteiger charge is -2.42. The molecule has 1 aliphatic heterocycles. The van der Waals surface area contributed by atoms with Crippen LogP contribution in [0.4, 0.5) is 11.5 Å². The van der Waals surface area contributed by atoms with Gasteiger partial charge in [-0.2, -0.15) is 5.26 Å². The molecule has 2 heterocycles. The van der Waals surface area contributed by atoms with Crippen molar-refractivity contribution in [3.8, 4) is 6.07 Å². The van der Waals surface area contributed by atoms with Crippen molar-refractivity contribution in [2.75, 3.05) is 23.7 Å². The van der Waals surface area contributed by atoms with Crippen LogP contribution < -0.4 is 16.0 Å². The molecule has 0 radical (unpaired) electrons. The topological polar surface area (TPSA) is 95.0 Å². The highest BCUT2D eigenvalue weighted by Crippen LogP contribution is 2.25. The molecule has 94 valence electrons. The van der Waals surface area contributed by atoms with E-state index in [1.54, 1.807) is 12.1 Å². The minimum absolute atomic E-state index is 0.0501. The molecule has 1 aliphatic rings. The molecule has 0 atom stereocenters. The third kappa shape index (κ3) is 1.84. The molecule has 6 heteroatoms. The number of nitrogens with zero attached hydrogens (tertiary/aromatic N) is 3. The number of amides is 1. The standard InChI is InChI=1S/C12H15N5O/c1-12(2)11(18)15-5-6-17(12)10-4-3-8(14)9(7-13)16-10/h3-4H,5-6,14H2,1-2H3,(H,15,18). The highest BCUT2D eigenvalue weighted by Gasteiger charge is 2.38. The Morgan fingerprint density at radius 2 is 2.28 bits per heavy atom. The lowest BCUT2D eigenvalue weighted by molar-refractivity contribution is -0.126. The van der Waals surface area contributed by atoms with Crippen LogP contribution in [0.5, 0.6) is 0 Å². The van der Waals surface area contributed by atoms with Gasteiger partial charge in [-0.15, -0.1) is 0 Å². The summed E-state index contributed by atoms with van der Waals surface area (Å²) in [6, 6.07) is 5.32. The lowest BCUT2D eigenvalue weighted by Crippen LogP contribution is -2.62. The zero-order valence-electron chi connectivity index (χ0n) is 10.4. The first kappa shape index (κ1) is 12.2. The molecule has 0 bridgehead atoms. The van der Waals surface area contributed by atoms with Gasteiger partial charge in [0.1, 0.15) is 17.4 Å². The number of nitrogens with one attached hydrogen (secondary N) is 1. The van der Waals surface area contributed by atoms with Crippen LogP contribution in [-0.4, -0.2) is 29.5 Å². The number of hydrogen-bond donors (Lipinski definition) is 2. The molecule has 0 spiro atoms. The predicted molar refractivity (Wildman–Crippen MR) is 67.8 cm³/mol. The number of carbonyl (C=O) groups excluding carboxylic acids is 1. The Morgan fingerprint density at radius 3 is 2.94 bits per heavy atom. The summed E-state index contributed by atoms with van der Waals surface area (Å²) < 4.78 is 0. The summed E-state index contributed by atoms with van der Waals surface area (Å²) in [5.41, 5.74) is 5.49. The van der Waals surface area contributed by atoms with Gasteiger partial charge < -0.3 is 16.0 Å². The van der Waals surface area contributed by atoms with Gasteiger partial charge in [0.05, 0.1) is 5.69 Å². The number of nitrogen functional groups attached to an aromatic ring is 1. The molecule has 0 aromatic carbocycles. The fourth-order valence-electron chi connectivity index (χ4n) is 2.00. The van der Waals surface area contributed by atoms with Gasteiger partial charge in [0.15, 0.2) is 5.69 Å². The second-order valence-corrected chi connectivity index (χ2v) is 4.69. The molecule has 18 heavy (non-hydrogen) atoms. The lowest BCUT2D eigenvalue weighted by atomic mass is 9.99. The van der Waals surface area contributed by atoms with E-state index in [0.717, 1.165) is 0 Å². The van der Waals surface area contributed by atoms with Gasteiger partial charge in [0.25, 0.3) is 0 Å². The van der Waals surface area contributed by atoms with Gasteiger partial charge in [0, 0.05) is 13.1 Å². The number of aromatic nitrogens is 1. The molecule has 3 N–H and O–H groups in total. The number of nitriles is 1. The molecule has 1 amide bonds. The Hall–Kier alpha value is -2.29. The summed E-state index contributed by atoms with van der Waals surface area (Å²) in [6.45, 7) is 4.87. The third-order valence-corrected chi connectivity index (χ3v) is 3.15. The molecule has 6 nitrogen and oxygen atoms in total. The third-order valence-electron chi connectivity index (χ3n) is 3.15. The van der Waals surface area contributed by atoms with Gasteiger partial charge in [-0.05, 0) is 26.0 Å². The van der Waals surface area contributed by atoms with Crippen LogP contribution in [0.1, 0.15) is 19.5 Å². The summed E-state index contributed by atoms with van der Waals surface area (Å²) >= 11 is 0. The number of anilines is 2. The molecule has 0 saturated carbocycles. The zero-order chi connectivity index (χ0) is 13.3. The summed E-state index contributed by atoms with van der Waals surface area (Å²) in [6.07, 6.45) is 0. The van der Waals surface area contributed by atoms with Crippen LogP contribution in [0.25, 0.3) is 0 Å². The highest BCUT2D eigenvalue weighted by atomic mass is 16.2.